The van der Waals surface area contributed by atoms with E-state index in [1.165, 1.54) is 24.3 Å². The lowest BCUT2D eigenvalue weighted by molar-refractivity contribution is -0.123. The van der Waals surface area contributed by atoms with E-state index in [9.17, 15) is 18.0 Å². The summed E-state index contributed by atoms with van der Waals surface area (Å²) in [6, 6.07) is 19.4. The second-order valence-electron chi connectivity index (χ2n) is 6.89. The van der Waals surface area contributed by atoms with E-state index in [1.54, 1.807) is 54.6 Å². The van der Waals surface area contributed by atoms with Crippen molar-refractivity contribution in [3.8, 4) is 5.75 Å². The van der Waals surface area contributed by atoms with Gasteiger partial charge in [-0.1, -0.05) is 63.9 Å². The number of carbonyl (C=O) groups is 2. The molecule has 3 aromatic carbocycles. The van der Waals surface area contributed by atoms with Crippen molar-refractivity contribution < 1.29 is 22.2 Å². The Morgan fingerprint density at radius 2 is 1.70 bits per heavy atom. The topological polar surface area (TPSA) is 80.8 Å². The zero-order chi connectivity index (χ0) is 23.6. The highest BCUT2D eigenvalue weighted by molar-refractivity contribution is 9.10. The molecule has 33 heavy (non-hydrogen) atoms. The monoisotopic (exact) mass is 563 g/mol. The van der Waals surface area contributed by atoms with E-state index in [1.807, 2.05) is 0 Å². The molecule has 1 saturated heterocycles. The second-order valence-corrected chi connectivity index (χ2v) is 10.8. The Kier molecular flexibility index (Phi) is 6.94. The highest BCUT2D eigenvalue weighted by Crippen LogP contribution is 2.36. The summed E-state index contributed by atoms with van der Waals surface area (Å²) in [6.07, 6.45) is 1.44. The van der Waals surface area contributed by atoms with Gasteiger partial charge in [0.25, 0.3) is 11.1 Å². The Labute approximate surface area is 208 Å². The lowest BCUT2D eigenvalue weighted by atomic mass is 10.2. The van der Waals surface area contributed by atoms with Gasteiger partial charge in [0.2, 0.25) is 0 Å². The van der Waals surface area contributed by atoms with Gasteiger partial charge in [-0.15, -0.1) is 0 Å². The van der Waals surface area contributed by atoms with Crippen molar-refractivity contribution in [1.82, 2.24) is 4.90 Å². The van der Waals surface area contributed by atoms with Gasteiger partial charge in [0.15, 0.2) is 0 Å². The van der Waals surface area contributed by atoms with E-state index in [2.05, 4.69) is 15.9 Å². The number of thioether (sulfide) groups is 1. The Bertz CT molecular complexity index is 1380. The molecule has 1 heterocycles. The summed E-state index contributed by atoms with van der Waals surface area (Å²) >= 11 is 10.3. The van der Waals surface area contributed by atoms with Crippen molar-refractivity contribution in [3.05, 3.63) is 98.3 Å². The summed E-state index contributed by atoms with van der Waals surface area (Å²) in [5, 5.41) is 0.00914. The quantitative estimate of drug-likeness (QED) is 0.266. The molecule has 0 radical (unpaired) electrons. The largest absolute Gasteiger partial charge is 0.378 e. The van der Waals surface area contributed by atoms with Gasteiger partial charge in [0.05, 0.1) is 11.4 Å². The maximum absolute atomic E-state index is 12.9. The summed E-state index contributed by atoms with van der Waals surface area (Å²) in [6.45, 7) is 0.0336. The Balaban J connectivity index is 1.64. The molecule has 0 N–H and O–H groups in total. The molecule has 0 unspecified atom stereocenters. The van der Waals surface area contributed by atoms with Crippen LogP contribution in [0, 0.1) is 0 Å². The molecular weight excluding hydrogens is 550 g/mol. The van der Waals surface area contributed by atoms with Crippen LogP contribution in [0.1, 0.15) is 11.1 Å². The maximum Gasteiger partial charge on any atom is 0.339 e. The van der Waals surface area contributed by atoms with Crippen molar-refractivity contribution in [2.75, 3.05) is 0 Å². The van der Waals surface area contributed by atoms with Gasteiger partial charge in [0, 0.05) is 15.1 Å². The molecular formula is C23H15BrClNO5S2. The van der Waals surface area contributed by atoms with Gasteiger partial charge < -0.3 is 4.18 Å². The molecule has 4 rings (SSSR count). The smallest absolute Gasteiger partial charge is 0.339 e. The van der Waals surface area contributed by atoms with Crippen LogP contribution in [-0.2, 0) is 21.5 Å². The molecule has 3 aromatic rings. The van der Waals surface area contributed by atoms with Crippen LogP contribution in [-0.4, -0.2) is 24.5 Å². The third kappa shape index (κ3) is 5.33. The molecule has 1 fully saturated rings. The standard InChI is InChI=1S/C23H15BrClNO5S2/c24-17-10-11-20(31-33(29,30)18-7-2-1-3-8-18)16(12-17)13-21-22(27)26(23(28)32-21)14-15-6-4-5-9-19(15)25/h1-13H,14H2/b21-13-. The van der Waals surface area contributed by atoms with E-state index in [0.717, 1.165) is 16.7 Å². The number of hydrogen-bond acceptors (Lipinski definition) is 6. The Morgan fingerprint density at radius 3 is 2.42 bits per heavy atom. The summed E-state index contributed by atoms with van der Waals surface area (Å²) in [7, 11) is -4.09. The minimum absolute atomic E-state index is 0.000989. The fourth-order valence-electron chi connectivity index (χ4n) is 3.04. The molecule has 0 aliphatic carbocycles. The number of nitrogens with zero attached hydrogens (tertiary/aromatic N) is 1. The Morgan fingerprint density at radius 1 is 1.00 bits per heavy atom. The highest BCUT2D eigenvalue weighted by Gasteiger charge is 2.35. The number of rotatable bonds is 6. The first-order valence-corrected chi connectivity index (χ1v) is 12.9. The fraction of sp³-hybridized carbons (Fsp3) is 0.0435. The lowest BCUT2D eigenvalue weighted by Crippen LogP contribution is -2.27. The van der Waals surface area contributed by atoms with Crippen LogP contribution in [0.25, 0.3) is 6.08 Å². The summed E-state index contributed by atoms with van der Waals surface area (Å²) < 4.78 is 31.4. The summed E-state index contributed by atoms with van der Waals surface area (Å²) in [5.41, 5.74) is 0.968. The van der Waals surface area contributed by atoms with Crippen LogP contribution in [0.15, 0.2) is 87.1 Å². The predicted octanol–water partition coefficient (Wildman–Crippen LogP) is 6.11. The Hall–Kier alpha value is -2.59. The molecule has 0 atom stereocenters. The maximum atomic E-state index is 12.9. The van der Waals surface area contributed by atoms with Gasteiger partial charge in [-0.25, -0.2) is 0 Å². The molecule has 0 aromatic heterocycles. The predicted molar refractivity (Wildman–Crippen MR) is 131 cm³/mol. The molecule has 1 aliphatic rings. The van der Waals surface area contributed by atoms with Gasteiger partial charge in [-0.3, -0.25) is 14.5 Å². The third-order valence-corrected chi connectivity index (χ3v) is 7.67. The zero-order valence-corrected chi connectivity index (χ0v) is 20.7. The van der Waals surface area contributed by atoms with Gasteiger partial charge in [0.1, 0.15) is 10.6 Å². The first-order valence-electron chi connectivity index (χ1n) is 9.52. The van der Waals surface area contributed by atoms with E-state index in [0.29, 0.717) is 20.6 Å². The number of benzene rings is 3. The molecule has 0 saturated carbocycles. The molecule has 1 aliphatic heterocycles. The van der Waals surface area contributed by atoms with Crippen LogP contribution in [0.3, 0.4) is 0 Å². The summed E-state index contributed by atoms with van der Waals surface area (Å²) in [4.78, 5) is 26.7. The SMILES string of the molecule is O=C1S/C(=C\c2cc(Br)ccc2OS(=O)(=O)c2ccccc2)C(=O)N1Cc1ccccc1Cl. The molecule has 0 bridgehead atoms. The lowest BCUT2D eigenvalue weighted by Gasteiger charge is -2.13. The van der Waals surface area contributed by atoms with E-state index in [4.69, 9.17) is 15.8 Å². The van der Waals surface area contributed by atoms with Crippen molar-refractivity contribution in [1.29, 1.82) is 0 Å². The minimum atomic E-state index is -4.09. The number of halogens is 2. The average molecular weight is 565 g/mol. The fourth-order valence-corrected chi connectivity index (χ4v) is 5.41. The van der Waals surface area contributed by atoms with E-state index in [-0.39, 0.29) is 22.1 Å². The van der Waals surface area contributed by atoms with Crippen molar-refractivity contribution >= 4 is 66.6 Å². The van der Waals surface area contributed by atoms with Crippen molar-refractivity contribution in [2.45, 2.75) is 11.4 Å². The highest BCUT2D eigenvalue weighted by atomic mass is 79.9. The zero-order valence-electron chi connectivity index (χ0n) is 16.8. The minimum Gasteiger partial charge on any atom is -0.378 e. The van der Waals surface area contributed by atoms with Crippen LogP contribution in [0.4, 0.5) is 4.79 Å². The van der Waals surface area contributed by atoms with Crippen LogP contribution < -0.4 is 4.18 Å². The number of amides is 2. The van der Waals surface area contributed by atoms with Crippen molar-refractivity contribution in [2.24, 2.45) is 0 Å². The normalized spacial score (nSPS) is 15.3. The molecule has 168 valence electrons. The molecule has 0 spiro atoms. The first kappa shape index (κ1) is 23.6. The van der Waals surface area contributed by atoms with Gasteiger partial charge >= 0.3 is 10.1 Å². The average Bonchev–Trinajstić information content (AvgIpc) is 3.05. The van der Waals surface area contributed by atoms with Gasteiger partial charge in [-0.05, 0) is 59.8 Å². The first-order chi connectivity index (χ1) is 15.7. The number of carbonyl (C=O) groups excluding carboxylic acids is 2. The second kappa shape index (κ2) is 9.72. The van der Waals surface area contributed by atoms with Crippen molar-refractivity contribution in [3.63, 3.8) is 0 Å². The van der Waals surface area contributed by atoms with E-state index < -0.39 is 21.3 Å². The molecule has 6 nitrogen and oxygen atoms in total. The van der Waals surface area contributed by atoms with E-state index >= 15 is 0 Å². The van der Waals surface area contributed by atoms with Gasteiger partial charge in [-0.2, -0.15) is 8.42 Å². The molecule has 2 amide bonds. The third-order valence-electron chi connectivity index (χ3n) is 4.65. The molecule has 10 heteroatoms. The summed E-state index contributed by atoms with van der Waals surface area (Å²) in [5.74, 6) is -0.471. The van der Waals surface area contributed by atoms with Crippen LogP contribution in [0.5, 0.6) is 5.75 Å². The number of hydrogen-bond donors (Lipinski definition) is 0. The number of imide groups is 1. The van der Waals surface area contributed by atoms with Crippen LogP contribution in [0.2, 0.25) is 5.02 Å². The van der Waals surface area contributed by atoms with Crippen LogP contribution >= 0.6 is 39.3 Å².